The highest BCUT2D eigenvalue weighted by atomic mass is 16.6. The first kappa shape index (κ1) is 32.4. The number of carbonyl (C=O) groups is 2. The van der Waals surface area contributed by atoms with E-state index in [9.17, 15) is 24.8 Å². The summed E-state index contributed by atoms with van der Waals surface area (Å²) in [6, 6.07) is 16.6. The van der Waals surface area contributed by atoms with Crippen molar-refractivity contribution >= 4 is 17.7 Å². The number of nitrogens with zero attached hydrogens (tertiary/aromatic N) is 4. The first-order valence-corrected chi connectivity index (χ1v) is 17.2. The van der Waals surface area contributed by atoms with Gasteiger partial charge in [-0.1, -0.05) is 56.5 Å². The fourth-order valence-electron chi connectivity index (χ4n) is 8.39. The number of nitro benzene ring substituents is 1. The number of likely N-dealkylation sites (tertiary alicyclic amines) is 2. The number of non-ortho nitro benzene ring substituents is 1. The molecule has 2 saturated carbocycles. The third-order valence-electron chi connectivity index (χ3n) is 11.0. The highest BCUT2D eigenvalue weighted by Crippen LogP contribution is 2.41. The molecule has 2 unspecified atom stereocenters. The number of aliphatic carboxylic acids is 1. The van der Waals surface area contributed by atoms with Crippen LogP contribution in [0, 0.1) is 27.9 Å². The standard InChI is InChI=1S/C36H48N4O6/c1-25-20-33(25)39(36(43)46-24-26-12-14-31(15-13-26)40(44)45)30-16-18-37(19-17-30)21-29-22-38(23-32(29)27-8-4-2-5-9-27)34(35(41)42)28-10-6-3-7-11-28/h2,4-5,8-9,12-15,25,28-30,32-34H,3,6-7,10-11,16-24H2,1H3,(H,41,42)/t25?,29-,32+,33?,34+/m0/s1. The SMILES string of the molecule is CC1CC1N(C(=O)OCc1ccc([N+](=O)[O-])cc1)C1CCN(C[C@H]2CN([C@@H](C(=O)O)C3CCCCC3)C[C@@H]2c2ccccc2)CC1. The molecule has 0 radical (unpaired) electrons. The zero-order valence-electron chi connectivity index (χ0n) is 26.9. The molecule has 2 aromatic rings. The van der Waals surface area contributed by atoms with Gasteiger partial charge in [-0.2, -0.15) is 0 Å². The zero-order valence-corrected chi connectivity index (χ0v) is 26.9. The summed E-state index contributed by atoms with van der Waals surface area (Å²) in [6.45, 7) is 6.54. The highest BCUT2D eigenvalue weighted by molar-refractivity contribution is 5.74. The summed E-state index contributed by atoms with van der Waals surface area (Å²) in [5.74, 6) is 0.647. The fourth-order valence-corrected chi connectivity index (χ4v) is 8.39. The van der Waals surface area contributed by atoms with Crippen LogP contribution in [-0.2, 0) is 16.1 Å². The van der Waals surface area contributed by atoms with Gasteiger partial charge in [0.15, 0.2) is 0 Å². The maximum atomic E-state index is 13.4. The van der Waals surface area contributed by atoms with Crippen molar-refractivity contribution in [2.45, 2.75) is 88.9 Å². The minimum atomic E-state index is -0.671. The van der Waals surface area contributed by atoms with Gasteiger partial charge in [-0.05, 0) is 73.1 Å². The van der Waals surface area contributed by atoms with Gasteiger partial charge in [0, 0.05) is 62.9 Å². The molecule has 10 heteroatoms. The Morgan fingerprint density at radius 3 is 2.28 bits per heavy atom. The zero-order chi connectivity index (χ0) is 32.2. The quantitative estimate of drug-likeness (QED) is 0.232. The van der Waals surface area contributed by atoms with E-state index in [-0.39, 0.29) is 36.4 Å². The number of benzene rings is 2. The molecule has 2 aliphatic heterocycles. The van der Waals surface area contributed by atoms with Crippen molar-refractivity contribution in [2.24, 2.45) is 17.8 Å². The molecule has 4 fully saturated rings. The molecule has 0 bridgehead atoms. The third kappa shape index (κ3) is 7.55. The van der Waals surface area contributed by atoms with Crippen LogP contribution >= 0.6 is 0 Å². The molecular weight excluding hydrogens is 584 g/mol. The normalized spacial score (nSPS) is 26.8. The molecule has 2 aliphatic carbocycles. The summed E-state index contributed by atoms with van der Waals surface area (Å²) in [6.07, 6.45) is 7.92. The predicted molar refractivity (Wildman–Crippen MR) is 174 cm³/mol. The van der Waals surface area contributed by atoms with Crippen molar-refractivity contribution in [2.75, 3.05) is 32.7 Å². The van der Waals surface area contributed by atoms with E-state index in [0.717, 1.165) is 83.2 Å². The second-order valence-electron chi connectivity index (χ2n) is 14.1. The van der Waals surface area contributed by atoms with E-state index in [2.05, 4.69) is 41.0 Å². The lowest BCUT2D eigenvalue weighted by atomic mass is 9.83. The molecule has 248 valence electrons. The number of carbonyl (C=O) groups excluding carboxylic acids is 1. The Bertz CT molecular complexity index is 1340. The van der Waals surface area contributed by atoms with Gasteiger partial charge in [0.05, 0.1) is 4.92 Å². The molecule has 6 rings (SSSR count). The van der Waals surface area contributed by atoms with E-state index < -0.39 is 16.9 Å². The monoisotopic (exact) mass is 632 g/mol. The number of rotatable bonds is 11. The van der Waals surface area contributed by atoms with Crippen LogP contribution in [0.2, 0.25) is 0 Å². The Balaban J connectivity index is 1.08. The number of amides is 1. The number of ether oxygens (including phenoxy) is 1. The Hall–Kier alpha value is -3.50. The molecule has 10 nitrogen and oxygen atoms in total. The molecule has 2 heterocycles. The molecular formula is C36H48N4O6. The topological polar surface area (TPSA) is 116 Å². The Kier molecular flexibility index (Phi) is 10.2. The lowest BCUT2D eigenvalue weighted by Crippen LogP contribution is -2.50. The van der Waals surface area contributed by atoms with Crippen molar-refractivity contribution in [3.05, 3.63) is 75.8 Å². The number of hydrogen-bond donors (Lipinski definition) is 1. The van der Waals surface area contributed by atoms with Crippen LogP contribution in [0.25, 0.3) is 0 Å². The third-order valence-corrected chi connectivity index (χ3v) is 11.0. The van der Waals surface area contributed by atoms with Crippen LogP contribution in [0.1, 0.15) is 75.3 Å². The maximum Gasteiger partial charge on any atom is 0.410 e. The number of carboxylic acids is 1. The lowest BCUT2D eigenvalue weighted by Gasteiger charge is -2.39. The predicted octanol–water partition coefficient (Wildman–Crippen LogP) is 6.16. The molecule has 1 amide bonds. The van der Waals surface area contributed by atoms with Crippen molar-refractivity contribution < 1.29 is 24.4 Å². The second-order valence-corrected chi connectivity index (χ2v) is 14.1. The number of carboxylic acid groups (broad SMARTS) is 1. The van der Waals surface area contributed by atoms with E-state index in [4.69, 9.17) is 4.74 Å². The van der Waals surface area contributed by atoms with Gasteiger partial charge in [0.25, 0.3) is 5.69 Å². The van der Waals surface area contributed by atoms with Crippen molar-refractivity contribution in [1.29, 1.82) is 0 Å². The smallest absolute Gasteiger partial charge is 0.410 e. The summed E-state index contributed by atoms with van der Waals surface area (Å²) in [5.41, 5.74) is 2.04. The van der Waals surface area contributed by atoms with Crippen LogP contribution in [0.4, 0.5) is 10.5 Å². The van der Waals surface area contributed by atoms with E-state index >= 15 is 0 Å². The molecule has 5 atom stereocenters. The number of hydrogen-bond acceptors (Lipinski definition) is 7. The number of nitro groups is 1. The van der Waals surface area contributed by atoms with Gasteiger partial charge in [-0.25, -0.2) is 4.79 Å². The fraction of sp³-hybridized carbons (Fsp3) is 0.611. The van der Waals surface area contributed by atoms with Gasteiger partial charge in [0.1, 0.15) is 12.6 Å². The molecule has 2 aromatic carbocycles. The van der Waals surface area contributed by atoms with Gasteiger partial charge < -0.3 is 19.6 Å². The highest BCUT2D eigenvalue weighted by Gasteiger charge is 2.46. The average molecular weight is 633 g/mol. The van der Waals surface area contributed by atoms with Crippen molar-refractivity contribution in [3.8, 4) is 0 Å². The first-order valence-electron chi connectivity index (χ1n) is 17.2. The van der Waals surface area contributed by atoms with E-state index in [1.165, 1.54) is 24.1 Å². The van der Waals surface area contributed by atoms with Crippen molar-refractivity contribution in [1.82, 2.24) is 14.7 Å². The minimum Gasteiger partial charge on any atom is -0.480 e. The van der Waals surface area contributed by atoms with Crippen LogP contribution < -0.4 is 0 Å². The molecule has 0 aromatic heterocycles. The Morgan fingerprint density at radius 2 is 1.67 bits per heavy atom. The van der Waals surface area contributed by atoms with E-state index in [0.29, 0.717) is 17.8 Å². The summed E-state index contributed by atoms with van der Waals surface area (Å²) in [7, 11) is 0. The van der Waals surface area contributed by atoms with Crippen LogP contribution in [0.15, 0.2) is 54.6 Å². The second kappa shape index (κ2) is 14.5. The Morgan fingerprint density at radius 1 is 1.00 bits per heavy atom. The van der Waals surface area contributed by atoms with Gasteiger partial charge in [-0.15, -0.1) is 0 Å². The summed E-state index contributed by atoms with van der Waals surface area (Å²) >= 11 is 0. The summed E-state index contributed by atoms with van der Waals surface area (Å²) in [5, 5.41) is 21.3. The Labute approximate surface area is 271 Å². The largest absolute Gasteiger partial charge is 0.480 e. The summed E-state index contributed by atoms with van der Waals surface area (Å²) < 4.78 is 5.74. The van der Waals surface area contributed by atoms with Crippen LogP contribution in [0.3, 0.4) is 0 Å². The molecule has 4 aliphatic rings. The van der Waals surface area contributed by atoms with Gasteiger partial charge >= 0.3 is 12.1 Å². The van der Waals surface area contributed by atoms with Crippen molar-refractivity contribution in [3.63, 3.8) is 0 Å². The maximum absolute atomic E-state index is 13.4. The lowest BCUT2D eigenvalue weighted by molar-refractivity contribution is -0.384. The molecule has 1 N–H and O–H groups in total. The molecule has 2 saturated heterocycles. The van der Waals surface area contributed by atoms with Gasteiger partial charge in [-0.3, -0.25) is 19.8 Å². The van der Waals surface area contributed by atoms with E-state index in [1.54, 1.807) is 12.1 Å². The first-order chi connectivity index (χ1) is 22.3. The van der Waals surface area contributed by atoms with Gasteiger partial charge in [0.2, 0.25) is 0 Å². The van der Waals surface area contributed by atoms with Crippen LogP contribution in [0.5, 0.6) is 0 Å². The number of piperidine rings is 1. The van der Waals surface area contributed by atoms with E-state index in [1.807, 2.05) is 11.0 Å². The summed E-state index contributed by atoms with van der Waals surface area (Å²) in [4.78, 5) is 43.3. The minimum absolute atomic E-state index is 0.0154. The molecule has 0 spiro atoms. The molecule has 46 heavy (non-hydrogen) atoms. The average Bonchev–Trinajstić information content (AvgIpc) is 3.64. The van der Waals surface area contributed by atoms with Crippen LogP contribution in [-0.4, -0.2) is 87.6 Å².